The second-order valence-corrected chi connectivity index (χ2v) is 3.78. The summed E-state index contributed by atoms with van der Waals surface area (Å²) in [6.45, 7) is 2.98. The van der Waals surface area contributed by atoms with Crippen molar-refractivity contribution >= 4 is 17.3 Å². The first-order chi connectivity index (χ1) is 6.27. The van der Waals surface area contributed by atoms with Gasteiger partial charge in [-0.3, -0.25) is 0 Å². The second-order valence-electron chi connectivity index (χ2n) is 3.03. The van der Waals surface area contributed by atoms with E-state index in [9.17, 15) is 4.79 Å². The van der Waals surface area contributed by atoms with Gasteiger partial charge in [0, 0.05) is 5.38 Å². The number of aryl methyl sites for hydroxylation is 1. The van der Waals surface area contributed by atoms with Gasteiger partial charge in [0.05, 0.1) is 18.8 Å². The number of hydrogen-bond acceptors (Lipinski definition) is 4. The van der Waals surface area contributed by atoms with Crippen LogP contribution in [0.5, 0.6) is 0 Å². The molecule has 2 heterocycles. The fourth-order valence-corrected chi connectivity index (χ4v) is 1.88. The minimum absolute atomic E-state index is 0.0354. The van der Waals surface area contributed by atoms with Crippen LogP contribution in [-0.4, -0.2) is 25.3 Å². The third-order valence-electron chi connectivity index (χ3n) is 1.96. The monoisotopic (exact) mass is 198 g/mol. The zero-order valence-corrected chi connectivity index (χ0v) is 8.10. The fourth-order valence-electron chi connectivity index (χ4n) is 1.07. The summed E-state index contributed by atoms with van der Waals surface area (Å²) in [4.78, 5) is 11.5. The molecule has 1 saturated heterocycles. The van der Waals surface area contributed by atoms with E-state index in [2.05, 4.69) is 0 Å². The van der Waals surface area contributed by atoms with E-state index < -0.39 is 0 Å². The highest BCUT2D eigenvalue weighted by atomic mass is 32.1. The first-order valence-corrected chi connectivity index (χ1v) is 5.03. The van der Waals surface area contributed by atoms with E-state index in [1.807, 2.05) is 17.7 Å². The van der Waals surface area contributed by atoms with Crippen LogP contribution in [-0.2, 0) is 9.47 Å². The Labute approximate surface area is 80.3 Å². The molecule has 0 spiro atoms. The van der Waals surface area contributed by atoms with Gasteiger partial charge in [-0.1, -0.05) is 0 Å². The molecule has 1 fully saturated rings. The van der Waals surface area contributed by atoms with Gasteiger partial charge < -0.3 is 9.47 Å². The van der Waals surface area contributed by atoms with Crippen LogP contribution >= 0.6 is 11.3 Å². The topological polar surface area (TPSA) is 35.5 Å². The molecule has 0 atom stereocenters. The predicted molar refractivity (Wildman–Crippen MR) is 49.1 cm³/mol. The van der Waals surface area contributed by atoms with E-state index in [4.69, 9.17) is 9.47 Å². The first-order valence-electron chi connectivity index (χ1n) is 4.09. The lowest BCUT2D eigenvalue weighted by molar-refractivity contribution is -0.103. The van der Waals surface area contributed by atoms with Crippen molar-refractivity contribution in [2.75, 3.05) is 13.2 Å². The van der Waals surface area contributed by atoms with E-state index in [1.165, 1.54) is 11.3 Å². The molecule has 4 heteroatoms. The van der Waals surface area contributed by atoms with Crippen molar-refractivity contribution in [1.82, 2.24) is 0 Å². The summed E-state index contributed by atoms with van der Waals surface area (Å²) in [5.74, 6) is -0.230. The molecule has 0 aliphatic carbocycles. The van der Waals surface area contributed by atoms with Crippen LogP contribution in [0.1, 0.15) is 15.9 Å². The summed E-state index contributed by atoms with van der Waals surface area (Å²) >= 11 is 1.52. The number of thiophene rings is 1. The molecule has 1 aliphatic rings. The maximum atomic E-state index is 11.5. The van der Waals surface area contributed by atoms with Crippen LogP contribution in [0.3, 0.4) is 0 Å². The SMILES string of the molecule is Cc1cscc1C(=O)OC1COC1. The van der Waals surface area contributed by atoms with Gasteiger partial charge in [-0.2, -0.15) is 11.3 Å². The number of carbonyl (C=O) groups is 1. The van der Waals surface area contributed by atoms with Crippen molar-refractivity contribution in [2.45, 2.75) is 13.0 Å². The lowest BCUT2D eigenvalue weighted by atomic mass is 10.2. The number of esters is 1. The lowest BCUT2D eigenvalue weighted by Crippen LogP contribution is -2.37. The molecule has 70 valence electrons. The zero-order valence-electron chi connectivity index (χ0n) is 7.28. The van der Waals surface area contributed by atoms with Crippen LogP contribution in [0.15, 0.2) is 10.8 Å². The summed E-state index contributed by atoms with van der Waals surface area (Å²) in [6, 6.07) is 0. The van der Waals surface area contributed by atoms with Crippen LogP contribution in [0.25, 0.3) is 0 Å². The van der Waals surface area contributed by atoms with Gasteiger partial charge >= 0.3 is 5.97 Å². The van der Waals surface area contributed by atoms with Gasteiger partial charge in [0.1, 0.15) is 6.10 Å². The highest BCUT2D eigenvalue weighted by molar-refractivity contribution is 7.08. The molecule has 0 bridgehead atoms. The van der Waals surface area contributed by atoms with E-state index in [1.54, 1.807) is 0 Å². The Balaban J connectivity index is 2.00. The Morgan fingerprint density at radius 1 is 1.62 bits per heavy atom. The molecule has 0 aromatic carbocycles. The summed E-state index contributed by atoms with van der Waals surface area (Å²) in [6.07, 6.45) is -0.0354. The van der Waals surface area contributed by atoms with Crippen LogP contribution < -0.4 is 0 Å². The van der Waals surface area contributed by atoms with E-state index in [0.29, 0.717) is 18.8 Å². The molecule has 13 heavy (non-hydrogen) atoms. The zero-order chi connectivity index (χ0) is 9.26. The van der Waals surface area contributed by atoms with Crippen LogP contribution in [0, 0.1) is 6.92 Å². The molecule has 0 radical (unpaired) electrons. The van der Waals surface area contributed by atoms with Gasteiger partial charge in [-0.25, -0.2) is 4.79 Å². The summed E-state index contributed by atoms with van der Waals surface area (Å²) in [5, 5.41) is 3.76. The summed E-state index contributed by atoms with van der Waals surface area (Å²) in [7, 11) is 0. The van der Waals surface area contributed by atoms with Crippen molar-refractivity contribution in [3.05, 3.63) is 21.9 Å². The largest absolute Gasteiger partial charge is 0.454 e. The molecule has 1 aromatic rings. The van der Waals surface area contributed by atoms with Gasteiger partial charge in [-0.05, 0) is 17.9 Å². The van der Waals surface area contributed by atoms with Gasteiger partial charge in [-0.15, -0.1) is 0 Å². The highest BCUT2D eigenvalue weighted by Gasteiger charge is 2.24. The highest BCUT2D eigenvalue weighted by Crippen LogP contribution is 2.17. The van der Waals surface area contributed by atoms with Crippen molar-refractivity contribution in [3.63, 3.8) is 0 Å². The number of hydrogen-bond donors (Lipinski definition) is 0. The summed E-state index contributed by atoms with van der Waals surface area (Å²) in [5.41, 5.74) is 1.66. The predicted octanol–water partition coefficient (Wildman–Crippen LogP) is 1.61. The smallest absolute Gasteiger partial charge is 0.339 e. The maximum Gasteiger partial charge on any atom is 0.339 e. The molecule has 0 N–H and O–H groups in total. The minimum Gasteiger partial charge on any atom is -0.454 e. The Bertz CT molecular complexity index is 314. The Hall–Kier alpha value is -0.870. The quantitative estimate of drug-likeness (QED) is 0.677. The Morgan fingerprint density at radius 3 is 2.85 bits per heavy atom. The van der Waals surface area contributed by atoms with Crippen LogP contribution in [0.2, 0.25) is 0 Å². The van der Waals surface area contributed by atoms with Crippen molar-refractivity contribution in [2.24, 2.45) is 0 Å². The Kier molecular flexibility index (Phi) is 2.33. The lowest BCUT2D eigenvalue weighted by Gasteiger charge is -2.25. The number of carbonyl (C=O) groups excluding carboxylic acids is 1. The molecule has 0 saturated carbocycles. The average molecular weight is 198 g/mol. The minimum atomic E-state index is -0.230. The third kappa shape index (κ3) is 1.73. The van der Waals surface area contributed by atoms with Crippen molar-refractivity contribution in [3.8, 4) is 0 Å². The van der Waals surface area contributed by atoms with E-state index in [0.717, 1.165) is 5.56 Å². The van der Waals surface area contributed by atoms with Gasteiger partial charge in [0.2, 0.25) is 0 Å². The maximum absolute atomic E-state index is 11.5. The average Bonchev–Trinajstić information content (AvgIpc) is 2.43. The fraction of sp³-hybridized carbons (Fsp3) is 0.444. The van der Waals surface area contributed by atoms with Crippen molar-refractivity contribution in [1.29, 1.82) is 0 Å². The molecule has 1 aromatic heterocycles. The molecular formula is C9H10O3S. The standard InChI is InChI=1S/C9H10O3S/c1-6-4-13-5-8(6)9(10)12-7-2-11-3-7/h4-5,7H,2-3H2,1H3. The van der Waals surface area contributed by atoms with Gasteiger partial charge in [0.15, 0.2) is 0 Å². The molecule has 0 unspecified atom stereocenters. The molecule has 1 aliphatic heterocycles. The Morgan fingerprint density at radius 2 is 2.38 bits per heavy atom. The normalized spacial score (nSPS) is 16.7. The number of rotatable bonds is 2. The second kappa shape index (κ2) is 3.47. The summed E-state index contributed by atoms with van der Waals surface area (Å²) < 4.78 is 10.1. The van der Waals surface area contributed by atoms with E-state index >= 15 is 0 Å². The number of ether oxygens (including phenoxy) is 2. The molecule has 0 amide bonds. The molecule has 3 nitrogen and oxygen atoms in total. The van der Waals surface area contributed by atoms with Crippen molar-refractivity contribution < 1.29 is 14.3 Å². The van der Waals surface area contributed by atoms with E-state index in [-0.39, 0.29) is 12.1 Å². The molecule has 2 rings (SSSR count). The molecular weight excluding hydrogens is 188 g/mol. The van der Waals surface area contributed by atoms with Crippen LogP contribution in [0.4, 0.5) is 0 Å². The third-order valence-corrected chi connectivity index (χ3v) is 2.82. The van der Waals surface area contributed by atoms with Gasteiger partial charge in [0.25, 0.3) is 0 Å². The first kappa shape index (κ1) is 8.72.